The molecule has 2 fully saturated rings. The number of nitrogens with one attached hydrogen (secondary N) is 7. The summed E-state index contributed by atoms with van der Waals surface area (Å²) in [4.78, 5) is 38.5. The summed E-state index contributed by atoms with van der Waals surface area (Å²) >= 11 is 6.42. The van der Waals surface area contributed by atoms with Gasteiger partial charge in [-0.05, 0) is 190 Å². The number of fused-ring (bicyclic) bond motifs is 2. The first-order chi connectivity index (χ1) is 41.0. The van der Waals surface area contributed by atoms with E-state index < -0.39 is 0 Å². The first-order valence-electron chi connectivity index (χ1n) is 29.3. The Morgan fingerprint density at radius 3 is 1.47 bits per heavy atom. The summed E-state index contributed by atoms with van der Waals surface area (Å²) in [6, 6.07) is 45.3. The molecule has 85 heavy (non-hydrogen) atoms. The van der Waals surface area contributed by atoms with Gasteiger partial charge in [-0.3, -0.25) is 9.97 Å². The molecular formula is C68H77ClN16. The molecule has 436 valence electrons. The van der Waals surface area contributed by atoms with E-state index in [1.807, 2.05) is 97.9 Å². The van der Waals surface area contributed by atoms with Crippen LogP contribution < -0.4 is 42.1 Å². The molecule has 4 aromatic carbocycles. The van der Waals surface area contributed by atoms with Gasteiger partial charge in [-0.15, -0.1) is 0 Å². The van der Waals surface area contributed by atoms with Gasteiger partial charge in [0.25, 0.3) is 0 Å². The number of anilines is 9. The summed E-state index contributed by atoms with van der Waals surface area (Å²) in [5, 5.41) is 27.1. The van der Waals surface area contributed by atoms with Crippen molar-refractivity contribution in [2.24, 2.45) is 0 Å². The highest BCUT2D eigenvalue weighted by Crippen LogP contribution is 2.34. The van der Waals surface area contributed by atoms with Crippen molar-refractivity contribution in [3.63, 3.8) is 0 Å². The maximum Gasteiger partial charge on any atom is 0.227 e. The summed E-state index contributed by atoms with van der Waals surface area (Å²) in [7, 11) is 0. The molecule has 0 amide bonds. The van der Waals surface area contributed by atoms with Crippen molar-refractivity contribution in [3.05, 3.63) is 187 Å². The number of piperidine rings is 2. The number of rotatable bonds is 13. The maximum atomic E-state index is 6.42. The normalized spacial score (nSPS) is 14.0. The Balaban J connectivity index is 0.000000164. The van der Waals surface area contributed by atoms with Crippen LogP contribution in [0.25, 0.3) is 44.3 Å². The number of halogens is 1. The average molecular weight is 1150 g/mol. The maximum absolute atomic E-state index is 6.42. The molecular weight excluding hydrogens is 1080 g/mol. The van der Waals surface area contributed by atoms with Crippen molar-refractivity contribution in [1.29, 1.82) is 0 Å². The van der Waals surface area contributed by atoms with Crippen LogP contribution in [0.1, 0.15) is 78.4 Å². The summed E-state index contributed by atoms with van der Waals surface area (Å²) in [5.41, 5.74) is 12.9. The van der Waals surface area contributed by atoms with Gasteiger partial charge < -0.3 is 42.1 Å². The van der Waals surface area contributed by atoms with E-state index in [9.17, 15) is 0 Å². The van der Waals surface area contributed by atoms with Crippen molar-refractivity contribution < 1.29 is 0 Å². The molecule has 6 aromatic heterocycles. The largest absolute Gasteiger partial charge is 0.371 e. The molecule has 0 bridgehead atoms. The summed E-state index contributed by atoms with van der Waals surface area (Å²) in [6.07, 6.45) is 15.4. The molecule has 2 aliphatic heterocycles. The van der Waals surface area contributed by atoms with Gasteiger partial charge >= 0.3 is 0 Å². The minimum atomic E-state index is 0.132. The summed E-state index contributed by atoms with van der Waals surface area (Å²) < 4.78 is 0. The first-order valence-corrected chi connectivity index (χ1v) is 29.6. The van der Waals surface area contributed by atoms with Gasteiger partial charge in [0, 0.05) is 136 Å². The molecule has 0 unspecified atom stereocenters. The zero-order chi connectivity index (χ0) is 59.3. The van der Waals surface area contributed by atoms with Crippen LogP contribution >= 0.6 is 11.6 Å². The molecule has 0 spiro atoms. The Kier molecular flexibility index (Phi) is 19.1. The molecule has 17 heteroatoms. The Morgan fingerprint density at radius 1 is 0.494 bits per heavy atom. The number of hydrogen-bond donors (Lipinski definition) is 7. The van der Waals surface area contributed by atoms with E-state index in [1.165, 1.54) is 37.0 Å². The van der Waals surface area contributed by atoms with Crippen LogP contribution in [0.4, 0.5) is 52.0 Å². The lowest BCUT2D eigenvalue weighted by Gasteiger charge is -2.37. The van der Waals surface area contributed by atoms with E-state index in [1.54, 1.807) is 37.2 Å². The number of nitrogens with zero attached hydrogens (tertiary/aromatic N) is 9. The van der Waals surface area contributed by atoms with E-state index in [0.717, 1.165) is 111 Å². The van der Waals surface area contributed by atoms with Crippen molar-refractivity contribution >= 4 is 85.4 Å². The Morgan fingerprint density at radius 2 is 0.976 bits per heavy atom. The number of benzene rings is 4. The van der Waals surface area contributed by atoms with Crippen LogP contribution in [0.5, 0.6) is 0 Å². The fourth-order valence-corrected chi connectivity index (χ4v) is 10.9. The molecule has 0 atom stereocenters. The molecule has 16 nitrogen and oxygen atoms in total. The number of aryl methyl sites for hydroxylation is 2. The second kappa shape index (κ2) is 27.4. The number of hydrogen-bond acceptors (Lipinski definition) is 16. The molecule has 0 aliphatic carbocycles. The van der Waals surface area contributed by atoms with Crippen LogP contribution in [0.2, 0.25) is 5.02 Å². The van der Waals surface area contributed by atoms with Crippen molar-refractivity contribution in [1.82, 2.24) is 55.8 Å². The van der Waals surface area contributed by atoms with E-state index in [2.05, 4.69) is 168 Å². The first kappa shape index (κ1) is 59.5. The second-order valence-electron chi connectivity index (χ2n) is 23.7. The summed E-state index contributed by atoms with van der Waals surface area (Å²) in [6.45, 7) is 21.9. The Labute approximate surface area is 504 Å². The van der Waals surface area contributed by atoms with Crippen LogP contribution in [-0.2, 0) is 0 Å². The Hall–Kier alpha value is -8.67. The van der Waals surface area contributed by atoms with Crippen LogP contribution in [0, 0.1) is 13.8 Å². The summed E-state index contributed by atoms with van der Waals surface area (Å²) in [5.74, 6) is 2.60. The zero-order valence-corrected chi connectivity index (χ0v) is 50.6. The van der Waals surface area contributed by atoms with Crippen molar-refractivity contribution in [2.75, 3.05) is 52.3 Å². The molecule has 10 aromatic rings. The van der Waals surface area contributed by atoms with E-state index in [0.29, 0.717) is 28.8 Å². The highest BCUT2D eigenvalue weighted by Gasteiger charge is 2.25. The van der Waals surface area contributed by atoms with E-state index in [4.69, 9.17) is 16.6 Å². The van der Waals surface area contributed by atoms with Crippen LogP contribution in [0.3, 0.4) is 0 Å². The van der Waals surface area contributed by atoms with Gasteiger partial charge in [-0.25, -0.2) is 29.9 Å². The third-order valence-electron chi connectivity index (χ3n) is 14.5. The highest BCUT2D eigenvalue weighted by atomic mass is 35.5. The number of para-hydroxylation sites is 2. The SMILES string of the molecule is CC(C)(C)NC1CCNCC1.Cc1cc(Nc2cc(Cl)c3ccccc3n2)ccc1Nc1nccc(-c2cccnc2)n1.Cc1cc(Nc2cc(N3CCC(NC(C)(C)C)CC3)c3ccccc3n2)ccc1Nc1nccc(-c2cccnc2)n1. The molecule has 7 N–H and O–H groups in total. The van der Waals surface area contributed by atoms with Gasteiger partial charge in [0.2, 0.25) is 11.9 Å². The minimum Gasteiger partial charge on any atom is -0.371 e. The van der Waals surface area contributed by atoms with Gasteiger partial charge in [-0.2, -0.15) is 0 Å². The highest BCUT2D eigenvalue weighted by molar-refractivity contribution is 6.35. The topological polar surface area (TPSA) is 191 Å². The van der Waals surface area contributed by atoms with E-state index in [-0.39, 0.29) is 11.1 Å². The van der Waals surface area contributed by atoms with Gasteiger partial charge in [0.05, 0.1) is 27.4 Å². The van der Waals surface area contributed by atoms with Gasteiger partial charge in [0.1, 0.15) is 11.6 Å². The predicted octanol–water partition coefficient (Wildman–Crippen LogP) is 14.9. The van der Waals surface area contributed by atoms with Crippen LogP contribution in [0.15, 0.2) is 171 Å². The number of aromatic nitrogens is 8. The van der Waals surface area contributed by atoms with Crippen molar-refractivity contribution in [2.45, 2.75) is 104 Å². The third-order valence-corrected chi connectivity index (χ3v) is 14.8. The standard InChI is InChI=1S/C34H38N8.C25H19ClN6.C9H20N2/c1-23-20-26(11-12-28(23)39-33-36-17-13-29(40-33)24-8-7-16-35-22-24)37-32-21-31(27-9-5-6-10-30(27)38-32)42-18-14-25(15-19-42)41-34(2,3)4;1-16-13-18(29-24-14-20(26)19-6-2-3-7-23(19)30-24)8-9-21(16)31-25-28-12-10-22(32-25)17-5-4-11-27-15-17;1-9(2,3)11-8-4-6-10-7-5-8/h5-13,16-17,20-22,25,41H,14-15,18-19H2,1-4H3,(H,37,38)(H,36,39,40);2-15H,1H3,(H,29,30)(H,28,31,32);8,10-11H,4-7H2,1-3H3. The molecule has 2 saturated heterocycles. The van der Waals surface area contributed by atoms with Gasteiger partial charge in [0.15, 0.2) is 0 Å². The van der Waals surface area contributed by atoms with E-state index >= 15 is 0 Å². The predicted molar refractivity (Wildman–Crippen MR) is 351 cm³/mol. The lowest BCUT2D eigenvalue weighted by molar-refractivity contribution is 0.304. The average Bonchev–Trinajstić information content (AvgIpc) is 3.66. The fraction of sp³-hybridized carbons (Fsp3) is 0.294. The smallest absolute Gasteiger partial charge is 0.227 e. The Bertz CT molecular complexity index is 3820. The lowest BCUT2D eigenvalue weighted by Crippen LogP contribution is -2.49. The van der Waals surface area contributed by atoms with Crippen LogP contribution in [-0.4, -0.2) is 89.2 Å². The second-order valence-corrected chi connectivity index (χ2v) is 24.1. The minimum absolute atomic E-state index is 0.132. The quantitative estimate of drug-likeness (QED) is 0.0577. The molecule has 2 aliphatic rings. The zero-order valence-electron chi connectivity index (χ0n) is 49.9. The molecule has 8 heterocycles. The lowest BCUT2D eigenvalue weighted by atomic mass is 9.99. The molecule has 0 radical (unpaired) electrons. The van der Waals surface area contributed by atoms with Gasteiger partial charge in [-0.1, -0.05) is 48.0 Å². The van der Waals surface area contributed by atoms with Crippen molar-refractivity contribution in [3.8, 4) is 22.5 Å². The third kappa shape index (κ3) is 16.8. The fourth-order valence-electron chi connectivity index (χ4n) is 10.6. The monoisotopic (exact) mass is 1150 g/mol. The molecule has 12 rings (SSSR count). The molecule has 0 saturated carbocycles. The number of pyridine rings is 4.